The molecular formula is C23H23BrN4O4. The minimum Gasteiger partial charge on any atom is -0.496 e. The Kier molecular flexibility index (Phi) is 5.00. The van der Waals surface area contributed by atoms with E-state index in [2.05, 4.69) is 31.5 Å². The van der Waals surface area contributed by atoms with Crippen molar-refractivity contribution in [3.8, 4) is 11.5 Å². The van der Waals surface area contributed by atoms with Crippen molar-refractivity contribution in [3.63, 3.8) is 0 Å². The molecular weight excluding hydrogens is 476 g/mol. The summed E-state index contributed by atoms with van der Waals surface area (Å²) in [4.78, 5) is 30.9. The molecule has 9 heteroatoms. The molecule has 3 N–H and O–H groups in total. The highest BCUT2D eigenvalue weighted by Crippen LogP contribution is 2.35. The molecule has 3 aromatic rings. The maximum Gasteiger partial charge on any atom is 0.270 e. The molecule has 1 fully saturated rings. The Labute approximate surface area is 193 Å². The van der Waals surface area contributed by atoms with Crippen molar-refractivity contribution in [2.24, 2.45) is 0 Å². The highest BCUT2D eigenvalue weighted by molar-refractivity contribution is 9.10. The van der Waals surface area contributed by atoms with Crippen LogP contribution in [0.25, 0.3) is 10.9 Å². The highest BCUT2D eigenvalue weighted by atomic mass is 79.9. The first-order chi connectivity index (χ1) is 15.4. The summed E-state index contributed by atoms with van der Waals surface area (Å²) in [6, 6.07) is 11.1. The number of carbonyl (C=O) groups is 2. The van der Waals surface area contributed by atoms with Crippen molar-refractivity contribution in [2.45, 2.75) is 18.5 Å². The predicted molar refractivity (Wildman–Crippen MR) is 125 cm³/mol. The fraction of sp³-hybridized carbons (Fsp3) is 0.304. The maximum atomic E-state index is 13.2. The third-order valence-electron chi connectivity index (χ3n) is 6.24. The summed E-state index contributed by atoms with van der Waals surface area (Å²) in [5, 5.41) is 7.40. The molecule has 0 aliphatic carbocycles. The van der Waals surface area contributed by atoms with Gasteiger partial charge >= 0.3 is 0 Å². The Bertz CT molecular complexity index is 1190. The smallest absolute Gasteiger partial charge is 0.270 e. The van der Waals surface area contributed by atoms with Crippen LogP contribution in [0.2, 0.25) is 0 Å². The van der Waals surface area contributed by atoms with Crippen molar-refractivity contribution < 1.29 is 19.1 Å². The number of hydrogen-bond acceptors (Lipinski definition) is 5. The number of rotatable bonds is 3. The number of nitrogens with zero attached hydrogens (tertiary/aromatic N) is 1. The number of benzene rings is 2. The molecule has 2 aliphatic heterocycles. The number of H-pyrrole nitrogens is 1. The molecule has 32 heavy (non-hydrogen) atoms. The lowest BCUT2D eigenvalue weighted by Crippen LogP contribution is -2.62. The molecule has 5 rings (SSSR count). The monoisotopic (exact) mass is 498 g/mol. The first kappa shape index (κ1) is 20.7. The van der Waals surface area contributed by atoms with Gasteiger partial charge in [0.2, 0.25) is 0 Å². The van der Waals surface area contributed by atoms with Gasteiger partial charge in [0.05, 0.1) is 25.3 Å². The first-order valence-corrected chi connectivity index (χ1v) is 11.2. The summed E-state index contributed by atoms with van der Waals surface area (Å²) in [5.74, 6) is 1.13. The average molecular weight is 499 g/mol. The molecule has 2 amide bonds. The van der Waals surface area contributed by atoms with Crippen LogP contribution in [-0.2, 0) is 0 Å². The summed E-state index contributed by atoms with van der Waals surface area (Å²) in [7, 11) is 3.19. The minimum atomic E-state index is -0.554. The second-order valence-electron chi connectivity index (χ2n) is 8.09. The zero-order valence-corrected chi connectivity index (χ0v) is 19.3. The lowest BCUT2D eigenvalue weighted by Gasteiger charge is -2.45. The van der Waals surface area contributed by atoms with Gasteiger partial charge in [-0.1, -0.05) is 15.9 Å². The molecule has 1 saturated heterocycles. The van der Waals surface area contributed by atoms with Crippen LogP contribution in [0.15, 0.2) is 40.9 Å². The fourth-order valence-corrected chi connectivity index (χ4v) is 4.89. The molecule has 1 spiro atoms. The molecule has 3 heterocycles. The second kappa shape index (κ2) is 7.74. The number of ether oxygens (including phenoxy) is 2. The number of halogens is 1. The van der Waals surface area contributed by atoms with E-state index in [1.165, 1.54) is 0 Å². The topological polar surface area (TPSA) is 95.7 Å². The van der Waals surface area contributed by atoms with E-state index >= 15 is 0 Å². The number of carbonyl (C=O) groups excluding carboxylic acids is 2. The van der Waals surface area contributed by atoms with Crippen molar-refractivity contribution >= 4 is 44.3 Å². The Balaban J connectivity index is 1.35. The van der Waals surface area contributed by atoms with Gasteiger partial charge in [-0.25, -0.2) is 0 Å². The van der Waals surface area contributed by atoms with E-state index < -0.39 is 5.66 Å². The standard InChI is InChI=1S/C23H23BrN4O4/c1-31-18-5-6-19(32-2)20-15(18)12-17(25-20)22(30)28-9-7-23(8-10-28)26-16-4-3-13(24)11-14(16)21(29)27-23/h3-6,11-12,25-26H,7-10H2,1-2H3,(H,27,29). The van der Waals surface area contributed by atoms with E-state index in [1.54, 1.807) is 25.2 Å². The van der Waals surface area contributed by atoms with E-state index in [0.29, 0.717) is 48.7 Å². The number of anilines is 1. The minimum absolute atomic E-state index is 0.0911. The van der Waals surface area contributed by atoms with Gasteiger partial charge in [0.15, 0.2) is 0 Å². The molecule has 2 aromatic carbocycles. The lowest BCUT2D eigenvalue weighted by atomic mass is 9.92. The Morgan fingerprint density at radius 1 is 1.03 bits per heavy atom. The van der Waals surface area contributed by atoms with Crippen LogP contribution in [0.3, 0.4) is 0 Å². The van der Waals surface area contributed by atoms with Gasteiger partial charge in [-0.2, -0.15) is 0 Å². The number of amides is 2. The number of likely N-dealkylation sites (tertiary alicyclic amines) is 1. The van der Waals surface area contributed by atoms with Crippen molar-refractivity contribution in [1.29, 1.82) is 0 Å². The molecule has 8 nitrogen and oxygen atoms in total. The van der Waals surface area contributed by atoms with Gasteiger partial charge in [-0.15, -0.1) is 0 Å². The third-order valence-corrected chi connectivity index (χ3v) is 6.74. The van der Waals surface area contributed by atoms with Gasteiger partial charge in [0.25, 0.3) is 11.8 Å². The zero-order valence-electron chi connectivity index (χ0n) is 17.8. The molecule has 0 bridgehead atoms. The average Bonchev–Trinajstić information content (AvgIpc) is 3.25. The van der Waals surface area contributed by atoms with Gasteiger partial charge in [0.1, 0.15) is 22.9 Å². The largest absolute Gasteiger partial charge is 0.496 e. The Morgan fingerprint density at radius 3 is 2.47 bits per heavy atom. The Morgan fingerprint density at radius 2 is 1.75 bits per heavy atom. The molecule has 0 unspecified atom stereocenters. The van der Waals surface area contributed by atoms with Crippen LogP contribution in [0, 0.1) is 0 Å². The third kappa shape index (κ3) is 3.37. The molecule has 2 aliphatic rings. The molecule has 166 valence electrons. The van der Waals surface area contributed by atoms with Crippen molar-refractivity contribution in [3.05, 3.63) is 52.1 Å². The van der Waals surface area contributed by atoms with Crippen LogP contribution < -0.4 is 20.1 Å². The van der Waals surface area contributed by atoms with Crippen LogP contribution in [0.5, 0.6) is 11.5 Å². The second-order valence-corrected chi connectivity index (χ2v) is 9.00. The summed E-state index contributed by atoms with van der Waals surface area (Å²) in [5.41, 5.74) is 2.08. The van der Waals surface area contributed by atoms with E-state index in [4.69, 9.17) is 9.47 Å². The maximum absolute atomic E-state index is 13.2. The summed E-state index contributed by atoms with van der Waals surface area (Å²) < 4.78 is 11.7. The van der Waals surface area contributed by atoms with E-state index in [-0.39, 0.29) is 11.8 Å². The number of hydrogen-bond donors (Lipinski definition) is 3. The molecule has 0 atom stereocenters. The normalized spacial score (nSPS) is 17.0. The summed E-state index contributed by atoms with van der Waals surface area (Å²) >= 11 is 3.41. The lowest BCUT2D eigenvalue weighted by molar-refractivity contribution is 0.0635. The molecule has 0 radical (unpaired) electrons. The number of fused-ring (bicyclic) bond motifs is 2. The first-order valence-electron chi connectivity index (χ1n) is 10.4. The van der Waals surface area contributed by atoms with Crippen LogP contribution in [-0.4, -0.2) is 54.7 Å². The van der Waals surface area contributed by atoms with Crippen LogP contribution in [0.4, 0.5) is 5.69 Å². The Hall–Kier alpha value is -3.20. The van der Waals surface area contributed by atoms with E-state index in [0.717, 1.165) is 21.1 Å². The summed E-state index contributed by atoms with van der Waals surface area (Å²) in [6.07, 6.45) is 1.21. The number of aromatic amines is 1. The van der Waals surface area contributed by atoms with Crippen LogP contribution in [0.1, 0.15) is 33.7 Å². The van der Waals surface area contributed by atoms with Gasteiger partial charge in [-0.05, 0) is 36.4 Å². The van der Waals surface area contributed by atoms with Gasteiger partial charge in [0, 0.05) is 41.5 Å². The fourth-order valence-electron chi connectivity index (χ4n) is 4.53. The van der Waals surface area contributed by atoms with Crippen LogP contribution >= 0.6 is 15.9 Å². The van der Waals surface area contributed by atoms with Gasteiger partial charge < -0.3 is 30.0 Å². The number of methoxy groups -OCH3 is 2. The number of aromatic nitrogens is 1. The SMILES string of the molecule is COc1ccc(OC)c2[nH]c(C(=O)N3CCC4(CC3)NC(=O)c3cc(Br)ccc3N4)cc12. The van der Waals surface area contributed by atoms with Gasteiger partial charge in [-0.3, -0.25) is 9.59 Å². The predicted octanol–water partition coefficient (Wildman–Crippen LogP) is 3.74. The van der Waals surface area contributed by atoms with Crippen molar-refractivity contribution in [1.82, 2.24) is 15.2 Å². The summed E-state index contributed by atoms with van der Waals surface area (Å²) in [6.45, 7) is 1.03. The molecule has 1 aromatic heterocycles. The van der Waals surface area contributed by atoms with E-state index in [1.807, 2.05) is 30.3 Å². The van der Waals surface area contributed by atoms with Crippen molar-refractivity contribution in [2.75, 3.05) is 32.6 Å². The van der Waals surface area contributed by atoms with E-state index in [9.17, 15) is 9.59 Å². The number of piperidine rings is 1. The number of nitrogens with one attached hydrogen (secondary N) is 3. The molecule has 0 saturated carbocycles. The highest BCUT2D eigenvalue weighted by Gasteiger charge is 2.41. The zero-order chi connectivity index (χ0) is 22.5. The quantitative estimate of drug-likeness (QED) is 0.511.